The maximum Gasteiger partial charge on any atom is 0.341 e. The number of esters is 1. The van der Waals surface area contributed by atoms with E-state index < -0.39 is 5.97 Å². The van der Waals surface area contributed by atoms with Gasteiger partial charge >= 0.3 is 5.97 Å². The first kappa shape index (κ1) is 27.4. The number of nitrogens with one attached hydrogen (secondary N) is 1. The third-order valence-corrected chi connectivity index (χ3v) is 8.20. The van der Waals surface area contributed by atoms with Crippen LogP contribution < -0.4 is 10.1 Å². The molecule has 0 bridgehead atoms. The summed E-state index contributed by atoms with van der Waals surface area (Å²) in [5.74, 6) is 0.802. The standard InChI is InChI=1S/C28H30N4O4S2/c1-16-10-11-18(3)20(12-16)21-14-37-26(25(21)27(34)35-6)29-24(33)15-38-28-31-30-23(32(28)5)13-36-22-9-7-8-17(2)19(22)4/h7-12,14H,13,15H2,1-6H3,(H,29,33). The fourth-order valence-electron chi connectivity index (χ4n) is 3.89. The molecule has 0 aliphatic carbocycles. The molecule has 2 aromatic carbocycles. The van der Waals surface area contributed by atoms with Gasteiger partial charge in [-0.3, -0.25) is 4.79 Å². The van der Waals surface area contributed by atoms with E-state index in [-0.39, 0.29) is 18.3 Å². The maximum absolute atomic E-state index is 12.9. The van der Waals surface area contributed by atoms with Gasteiger partial charge < -0.3 is 19.4 Å². The van der Waals surface area contributed by atoms with Crippen molar-refractivity contribution in [2.75, 3.05) is 18.2 Å². The molecule has 38 heavy (non-hydrogen) atoms. The molecular formula is C28H30N4O4S2. The Bertz CT molecular complexity index is 1490. The number of hydrogen-bond donors (Lipinski definition) is 1. The number of carbonyl (C=O) groups is 2. The van der Waals surface area contributed by atoms with Crippen molar-refractivity contribution in [1.29, 1.82) is 0 Å². The van der Waals surface area contributed by atoms with E-state index in [1.165, 1.54) is 30.2 Å². The zero-order valence-corrected chi connectivity index (χ0v) is 23.9. The Hall–Kier alpha value is -3.63. The quantitative estimate of drug-likeness (QED) is 0.206. The van der Waals surface area contributed by atoms with Gasteiger partial charge in [-0.05, 0) is 56.0 Å². The van der Waals surface area contributed by atoms with Crippen molar-refractivity contribution in [3.63, 3.8) is 0 Å². The van der Waals surface area contributed by atoms with Crippen LogP contribution in [0.4, 0.5) is 5.00 Å². The predicted octanol–water partition coefficient (Wildman–Crippen LogP) is 5.87. The molecule has 0 radical (unpaired) electrons. The summed E-state index contributed by atoms with van der Waals surface area (Å²) in [7, 11) is 3.18. The van der Waals surface area contributed by atoms with E-state index in [2.05, 4.69) is 15.5 Å². The monoisotopic (exact) mass is 550 g/mol. The molecule has 198 valence electrons. The second kappa shape index (κ2) is 11.8. The van der Waals surface area contributed by atoms with Gasteiger partial charge in [0.15, 0.2) is 11.0 Å². The Labute approximate surface area is 230 Å². The van der Waals surface area contributed by atoms with Crippen molar-refractivity contribution in [3.05, 3.63) is 75.4 Å². The van der Waals surface area contributed by atoms with E-state index in [4.69, 9.17) is 9.47 Å². The van der Waals surface area contributed by atoms with Crippen LogP contribution in [0.2, 0.25) is 0 Å². The second-order valence-corrected chi connectivity index (χ2v) is 10.8. The van der Waals surface area contributed by atoms with E-state index in [0.717, 1.165) is 39.1 Å². The first-order valence-corrected chi connectivity index (χ1v) is 13.8. The van der Waals surface area contributed by atoms with Crippen molar-refractivity contribution >= 4 is 40.0 Å². The lowest BCUT2D eigenvalue weighted by Gasteiger charge is -2.11. The highest BCUT2D eigenvalue weighted by Crippen LogP contribution is 2.38. The average Bonchev–Trinajstić information content (AvgIpc) is 3.47. The van der Waals surface area contributed by atoms with Gasteiger partial charge in [-0.15, -0.1) is 21.5 Å². The summed E-state index contributed by atoms with van der Waals surface area (Å²) in [6.45, 7) is 8.31. The number of carbonyl (C=O) groups excluding carboxylic acids is 2. The Balaban J connectivity index is 1.43. The number of anilines is 1. The number of rotatable bonds is 9. The molecule has 2 heterocycles. The van der Waals surface area contributed by atoms with Gasteiger partial charge in [0.05, 0.1) is 12.9 Å². The number of nitrogens with zero attached hydrogens (tertiary/aromatic N) is 3. The van der Waals surface area contributed by atoms with Crippen LogP contribution in [0, 0.1) is 27.7 Å². The molecule has 0 fully saturated rings. The summed E-state index contributed by atoms with van der Waals surface area (Å²) in [4.78, 5) is 25.5. The Morgan fingerprint density at radius 1 is 1.05 bits per heavy atom. The van der Waals surface area contributed by atoms with Gasteiger partial charge in [-0.25, -0.2) is 4.79 Å². The van der Waals surface area contributed by atoms with Crippen LogP contribution in [0.3, 0.4) is 0 Å². The van der Waals surface area contributed by atoms with Gasteiger partial charge in [0, 0.05) is 18.0 Å². The van der Waals surface area contributed by atoms with Gasteiger partial charge in [0.25, 0.3) is 0 Å². The Kier molecular flexibility index (Phi) is 8.53. The van der Waals surface area contributed by atoms with Crippen molar-refractivity contribution in [2.45, 2.75) is 39.5 Å². The van der Waals surface area contributed by atoms with Crippen molar-refractivity contribution < 1.29 is 19.1 Å². The smallest absolute Gasteiger partial charge is 0.341 e. The van der Waals surface area contributed by atoms with Gasteiger partial charge in [-0.1, -0.05) is 47.7 Å². The summed E-state index contributed by atoms with van der Waals surface area (Å²) in [5.41, 5.74) is 6.39. The first-order valence-electron chi connectivity index (χ1n) is 12.0. The molecular weight excluding hydrogens is 520 g/mol. The number of amides is 1. The SMILES string of the molecule is COC(=O)c1c(-c2cc(C)ccc2C)csc1NC(=O)CSc1nnc(COc2cccc(C)c2C)n1C. The number of thioether (sulfide) groups is 1. The highest BCUT2D eigenvalue weighted by atomic mass is 32.2. The van der Waals surface area contributed by atoms with Gasteiger partial charge in [0.2, 0.25) is 5.91 Å². The minimum Gasteiger partial charge on any atom is -0.485 e. The second-order valence-electron chi connectivity index (χ2n) is 8.94. The summed E-state index contributed by atoms with van der Waals surface area (Å²) >= 11 is 2.56. The Morgan fingerprint density at radius 2 is 1.84 bits per heavy atom. The Morgan fingerprint density at radius 3 is 2.61 bits per heavy atom. The number of aryl methyl sites for hydroxylation is 3. The lowest BCUT2D eigenvalue weighted by atomic mass is 9.97. The molecule has 0 unspecified atom stereocenters. The molecule has 0 spiro atoms. The third-order valence-electron chi connectivity index (χ3n) is 6.29. The first-order chi connectivity index (χ1) is 18.2. The zero-order chi connectivity index (χ0) is 27.4. The molecule has 1 amide bonds. The van der Waals surface area contributed by atoms with Crippen molar-refractivity contribution in [1.82, 2.24) is 14.8 Å². The highest BCUT2D eigenvalue weighted by Gasteiger charge is 2.23. The van der Waals surface area contributed by atoms with Crippen LogP contribution in [0.25, 0.3) is 11.1 Å². The molecule has 4 rings (SSSR count). The van der Waals surface area contributed by atoms with Crippen LogP contribution in [0.1, 0.15) is 38.4 Å². The van der Waals surface area contributed by atoms with Crippen molar-refractivity contribution in [3.8, 4) is 16.9 Å². The van der Waals surface area contributed by atoms with Gasteiger partial charge in [-0.2, -0.15) is 0 Å². The van der Waals surface area contributed by atoms with E-state index >= 15 is 0 Å². The van der Waals surface area contributed by atoms with E-state index in [1.54, 1.807) is 0 Å². The van der Waals surface area contributed by atoms with Crippen LogP contribution >= 0.6 is 23.1 Å². The van der Waals surface area contributed by atoms with Crippen molar-refractivity contribution in [2.24, 2.45) is 7.05 Å². The third kappa shape index (κ3) is 5.92. The summed E-state index contributed by atoms with van der Waals surface area (Å²) in [6.07, 6.45) is 0. The van der Waals surface area contributed by atoms with Gasteiger partial charge in [0.1, 0.15) is 22.9 Å². The number of aromatic nitrogens is 3. The van der Waals surface area contributed by atoms with E-state index in [0.29, 0.717) is 21.5 Å². The molecule has 0 atom stereocenters. The minimum absolute atomic E-state index is 0.0984. The fourth-order valence-corrected chi connectivity index (χ4v) is 5.59. The molecule has 2 aromatic heterocycles. The number of methoxy groups -OCH3 is 1. The molecule has 4 aromatic rings. The van der Waals surface area contributed by atoms with E-state index in [9.17, 15) is 9.59 Å². The minimum atomic E-state index is -0.494. The molecule has 10 heteroatoms. The topological polar surface area (TPSA) is 95.3 Å². The summed E-state index contributed by atoms with van der Waals surface area (Å²) < 4.78 is 12.8. The average molecular weight is 551 g/mol. The summed E-state index contributed by atoms with van der Waals surface area (Å²) in [6, 6.07) is 12.0. The molecule has 1 N–H and O–H groups in total. The van der Waals surface area contributed by atoms with Crippen LogP contribution in [0.15, 0.2) is 46.9 Å². The number of thiophene rings is 1. The molecule has 0 saturated carbocycles. The largest absolute Gasteiger partial charge is 0.485 e. The molecule has 0 aliphatic rings. The number of ether oxygens (including phenoxy) is 2. The zero-order valence-electron chi connectivity index (χ0n) is 22.2. The normalized spacial score (nSPS) is 10.9. The predicted molar refractivity (Wildman–Crippen MR) is 151 cm³/mol. The van der Waals surface area contributed by atoms with Crippen LogP contribution in [-0.2, 0) is 23.2 Å². The molecule has 0 aliphatic heterocycles. The molecule has 0 saturated heterocycles. The maximum atomic E-state index is 12.9. The number of benzene rings is 2. The molecule has 8 nitrogen and oxygen atoms in total. The van der Waals surface area contributed by atoms with E-state index in [1.807, 2.05) is 81.1 Å². The summed E-state index contributed by atoms with van der Waals surface area (Å²) in [5, 5.41) is 14.2. The van der Waals surface area contributed by atoms with Crippen LogP contribution in [0.5, 0.6) is 5.75 Å². The highest BCUT2D eigenvalue weighted by molar-refractivity contribution is 7.99. The lowest BCUT2D eigenvalue weighted by molar-refractivity contribution is -0.113. The fraction of sp³-hybridized carbons (Fsp3) is 0.286. The number of hydrogen-bond acceptors (Lipinski definition) is 8. The lowest BCUT2D eigenvalue weighted by Crippen LogP contribution is -2.16. The van der Waals surface area contributed by atoms with Crippen LogP contribution in [-0.4, -0.2) is 39.5 Å².